The summed E-state index contributed by atoms with van der Waals surface area (Å²) in [5.41, 5.74) is 2.37. The summed E-state index contributed by atoms with van der Waals surface area (Å²) in [4.78, 5) is 17.0. The zero-order chi connectivity index (χ0) is 22.9. The lowest BCUT2D eigenvalue weighted by Gasteiger charge is -2.37. The summed E-state index contributed by atoms with van der Waals surface area (Å²) in [6.07, 6.45) is 0.708. The molecule has 0 aromatic heterocycles. The molecule has 0 radical (unpaired) electrons. The first-order valence-electron chi connectivity index (χ1n) is 11.0. The molecule has 2 aliphatic rings. The first-order valence-corrected chi connectivity index (χ1v) is 12.1. The highest BCUT2D eigenvalue weighted by atomic mass is 32.2. The average Bonchev–Trinajstić information content (AvgIpc) is 3.12. The Balaban J connectivity index is 1.42. The molecule has 2 atom stereocenters. The van der Waals surface area contributed by atoms with E-state index >= 15 is 0 Å². The fraction of sp³-hybridized carbons (Fsp3) is 0.458. The zero-order valence-electron chi connectivity index (χ0n) is 19.1. The lowest BCUT2D eigenvalue weighted by Crippen LogP contribution is -2.50. The quantitative estimate of drug-likeness (QED) is 0.745. The molecule has 2 aromatic rings. The van der Waals surface area contributed by atoms with Crippen LogP contribution in [0.4, 0.5) is 16.2 Å². The summed E-state index contributed by atoms with van der Waals surface area (Å²) < 4.78 is 27.5. The Morgan fingerprint density at radius 1 is 1.12 bits per heavy atom. The molecule has 2 heterocycles. The van der Waals surface area contributed by atoms with Gasteiger partial charge in [-0.3, -0.25) is 4.72 Å². The van der Waals surface area contributed by atoms with Crippen LogP contribution in [0.25, 0.3) is 0 Å². The summed E-state index contributed by atoms with van der Waals surface area (Å²) >= 11 is 0. The van der Waals surface area contributed by atoms with Crippen LogP contribution in [0, 0.1) is 0 Å². The fourth-order valence-corrected chi connectivity index (χ4v) is 4.90. The van der Waals surface area contributed by atoms with E-state index in [4.69, 9.17) is 9.47 Å². The van der Waals surface area contributed by atoms with Gasteiger partial charge in [-0.2, -0.15) is 0 Å². The maximum absolute atomic E-state index is 13.1. The zero-order valence-corrected chi connectivity index (χ0v) is 19.9. The van der Waals surface area contributed by atoms with Crippen molar-refractivity contribution in [2.45, 2.75) is 50.7 Å². The van der Waals surface area contributed by atoms with E-state index in [0.29, 0.717) is 26.2 Å². The largest absolute Gasteiger partial charge is 0.490 e. The number of ether oxygens (including phenoxy) is 2. The summed E-state index contributed by atoms with van der Waals surface area (Å²) in [5, 5.41) is 0. The Morgan fingerprint density at radius 3 is 2.56 bits per heavy atom. The molecular formula is C24H31N3O4S. The lowest BCUT2D eigenvalue weighted by atomic mass is 10.1. The fourth-order valence-electron chi connectivity index (χ4n) is 3.96. The number of carbonyl (C=O) groups excluding carboxylic acids is 1. The van der Waals surface area contributed by atoms with Crippen molar-refractivity contribution in [1.29, 1.82) is 0 Å². The third-order valence-corrected chi connectivity index (χ3v) is 6.55. The molecule has 8 heteroatoms. The van der Waals surface area contributed by atoms with Crippen molar-refractivity contribution < 1.29 is 18.5 Å². The highest BCUT2D eigenvalue weighted by Gasteiger charge is 2.27. The molecular weight excluding hydrogens is 426 g/mol. The van der Waals surface area contributed by atoms with Gasteiger partial charge in [-0.25, -0.2) is 9.00 Å². The van der Waals surface area contributed by atoms with Crippen molar-refractivity contribution in [3.8, 4) is 5.75 Å². The number of rotatable bonds is 4. The first-order chi connectivity index (χ1) is 15.2. The van der Waals surface area contributed by atoms with Gasteiger partial charge in [0.1, 0.15) is 28.4 Å². The molecule has 0 bridgehead atoms. The van der Waals surface area contributed by atoms with Crippen molar-refractivity contribution in [3.63, 3.8) is 0 Å². The maximum Gasteiger partial charge on any atom is 0.410 e. The molecule has 0 saturated carbocycles. The van der Waals surface area contributed by atoms with E-state index < -0.39 is 16.6 Å². The second-order valence-corrected chi connectivity index (χ2v) is 10.5. The number of fused-ring (bicyclic) bond motifs is 1. The molecule has 1 fully saturated rings. The van der Waals surface area contributed by atoms with Gasteiger partial charge in [0.05, 0.1) is 16.3 Å². The molecule has 172 valence electrons. The number of nitrogens with one attached hydrogen (secondary N) is 1. The predicted octanol–water partition coefficient (Wildman–Crippen LogP) is 4.20. The second kappa shape index (κ2) is 9.02. The Bertz CT molecular complexity index is 1010. The lowest BCUT2D eigenvalue weighted by molar-refractivity contribution is 0.0240. The number of anilines is 2. The van der Waals surface area contributed by atoms with Gasteiger partial charge < -0.3 is 19.3 Å². The molecule has 4 rings (SSSR count). The molecule has 2 aliphatic heterocycles. The molecule has 1 amide bonds. The first kappa shape index (κ1) is 22.5. The van der Waals surface area contributed by atoms with Crippen LogP contribution in [0.5, 0.6) is 5.75 Å². The normalized spacial score (nSPS) is 19.2. The number of hydrogen-bond donors (Lipinski definition) is 1. The molecule has 32 heavy (non-hydrogen) atoms. The van der Waals surface area contributed by atoms with Crippen LogP contribution in [0.3, 0.4) is 0 Å². The van der Waals surface area contributed by atoms with E-state index in [9.17, 15) is 9.00 Å². The number of benzene rings is 2. The van der Waals surface area contributed by atoms with Gasteiger partial charge in [0.15, 0.2) is 0 Å². The second-order valence-electron chi connectivity index (χ2n) is 9.24. The van der Waals surface area contributed by atoms with Crippen molar-refractivity contribution >= 4 is 28.5 Å². The van der Waals surface area contributed by atoms with E-state index in [1.165, 1.54) is 0 Å². The number of hydrogen-bond acceptors (Lipinski definition) is 5. The van der Waals surface area contributed by atoms with Gasteiger partial charge in [-0.05, 0) is 63.6 Å². The number of amides is 1. The number of piperazine rings is 1. The third kappa shape index (κ3) is 5.18. The number of carbonyl (C=O) groups is 1. The topological polar surface area (TPSA) is 71.1 Å². The van der Waals surface area contributed by atoms with Crippen molar-refractivity contribution in [2.75, 3.05) is 35.8 Å². The van der Waals surface area contributed by atoms with Crippen molar-refractivity contribution in [3.05, 3.63) is 48.0 Å². The maximum atomic E-state index is 13.1. The van der Waals surface area contributed by atoms with Gasteiger partial charge in [0.25, 0.3) is 0 Å². The summed E-state index contributed by atoms with van der Waals surface area (Å²) in [6, 6.07) is 13.6. The molecule has 0 spiro atoms. The SMILES string of the molecule is CC1Cc2cc(S(=O)Nc3ccccc3N3CCN(C(=O)OC(C)(C)C)CC3)ccc2O1. The van der Waals surface area contributed by atoms with Crippen LogP contribution < -0.4 is 14.4 Å². The molecule has 0 aliphatic carbocycles. The third-order valence-electron chi connectivity index (χ3n) is 5.46. The predicted molar refractivity (Wildman–Crippen MR) is 127 cm³/mol. The van der Waals surface area contributed by atoms with E-state index in [2.05, 4.69) is 9.62 Å². The van der Waals surface area contributed by atoms with Gasteiger partial charge in [0.2, 0.25) is 0 Å². The van der Waals surface area contributed by atoms with E-state index in [1.54, 1.807) is 4.90 Å². The minimum atomic E-state index is -1.40. The smallest absolute Gasteiger partial charge is 0.410 e. The molecule has 2 unspecified atom stereocenters. The Morgan fingerprint density at radius 2 is 1.84 bits per heavy atom. The molecule has 1 N–H and O–H groups in total. The Kier molecular flexibility index (Phi) is 6.33. The summed E-state index contributed by atoms with van der Waals surface area (Å²) in [5.74, 6) is 0.876. The van der Waals surface area contributed by atoms with Crippen LogP contribution in [0.15, 0.2) is 47.4 Å². The van der Waals surface area contributed by atoms with E-state index in [-0.39, 0.29) is 12.2 Å². The highest BCUT2D eigenvalue weighted by molar-refractivity contribution is 7.86. The molecule has 7 nitrogen and oxygen atoms in total. The summed E-state index contributed by atoms with van der Waals surface area (Å²) in [7, 11) is -1.40. The van der Waals surface area contributed by atoms with Gasteiger partial charge >= 0.3 is 6.09 Å². The minimum Gasteiger partial charge on any atom is -0.490 e. The Hall–Kier alpha value is -2.74. The van der Waals surface area contributed by atoms with Crippen LogP contribution in [-0.4, -0.2) is 53.1 Å². The average molecular weight is 458 g/mol. The van der Waals surface area contributed by atoms with Crippen molar-refractivity contribution in [1.82, 2.24) is 4.90 Å². The van der Waals surface area contributed by atoms with Crippen LogP contribution in [0.2, 0.25) is 0 Å². The van der Waals surface area contributed by atoms with Crippen LogP contribution in [-0.2, 0) is 22.1 Å². The number of nitrogens with zero attached hydrogens (tertiary/aromatic N) is 2. The van der Waals surface area contributed by atoms with Gasteiger partial charge in [-0.1, -0.05) is 12.1 Å². The van der Waals surface area contributed by atoms with E-state index in [0.717, 1.165) is 34.0 Å². The van der Waals surface area contributed by atoms with Crippen LogP contribution >= 0.6 is 0 Å². The van der Waals surface area contributed by atoms with Gasteiger partial charge in [-0.15, -0.1) is 0 Å². The standard InChI is InChI=1S/C24H31N3O4S/c1-17-15-18-16-19(9-10-22(18)30-17)32(29)25-20-7-5-6-8-21(20)26-11-13-27(14-12-26)23(28)31-24(2,3)4/h5-10,16-17,25H,11-15H2,1-4H3. The van der Waals surface area contributed by atoms with Crippen molar-refractivity contribution in [2.24, 2.45) is 0 Å². The summed E-state index contributed by atoms with van der Waals surface area (Å²) in [6.45, 7) is 10.2. The van der Waals surface area contributed by atoms with Gasteiger partial charge in [0, 0.05) is 32.6 Å². The highest BCUT2D eigenvalue weighted by Crippen LogP contribution is 2.32. The monoisotopic (exact) mass is 457 g/mol. The molecule has 2 aromatic carbocycles. The minimum absolute atomic E-state index is 0.154. The number of para-hydroxylation sites is 2. The van der Waals surface area contributed by atoms with Crippen LogP contribution in [0.1, 0.15) is 33.3 Å². The molecule has 1 saturated heterocycles. The Labute approximate surface area is 192 Å². The van der Waals surface area contributed by atoms with E-state index in [1.807, 2.05) is 70.2 Å².